The topological polar surface area (TPSA) is 51.0 Å². The Kier molecular flexibility index (Phi) is 5.12. The van der Waals surface area contributed by atoms with E-state index in [4.69, 9.17) is 0 Å². The lowest BCUT2D eigenvalue weighted by Crippen LogP contribution is -2.36. The van der Waals surface area contributed by atoms with Gasteiger partial charge in [-0.05, 0) is 12.8 Å². The third-order valence-electron chi connectivity index (χ3n) is 3.05. The van der Waals surface area contributed by atoms with Crippen molar-refractivity contribution in [3.05, 3.63) is 12.2 Å². The number of carbonyl (C=O) groups is 1. The van der Waals surface area contributed by atoms with Gasteiger partial charge in [-0.15, -0.1) is 10.2 Å². The highest BCUT2D eigenvalue weighted by molar-refractivity contribution is 5.73. The van der Waals surface area contributed by atoms with Gasteiger partial charge in [-0.3, -0.25) is 4.79 Å². The van der Waals surface area contributed by atoms with E-state index in [1.54, 1.807) is 13.3 Å². The SMILES string of the molecule is CC.CC(=O)N1CCC(c2nncn2C)CC1. The molecule has 2 heterocycles. The van der Waals surface area contributed by atoms with Crippen molar-refractivity contribution in [2.45, 2.75) is 39.5 Å². The fourth-order valence-corrected chi connectivity index (χ4v) is 2.11. The van der Waals surface area contributed by atoms with Gasteiger partial charge in [-0.1, -0.05) is 13.8 Å². The van der Waals surface area contributed by atoms with Gasteiger partial charge in [0.15, 0.2) is 0 Å². The van der Waals surface area contributed by atoms with Crippen molar-refractivity contribution in [2.75, 3.05) is 13.1 Å². The van der Waals surface area contributed by atoms with Crippen LogP contribution < -0.4 is 0 Å². The van der Waals surface area contributed by atoms with Crippen molar-refractivity contribution < 1.29 is 4.79 Å². The maximum absolute atomic E-state index is 11.2. The zero-order valence-electron chi connectivity index (χ0n) is 11.2. The van der Waals surface area contributed by atoms with Gasteiger partial charge in [0.05, 0.1) is 0 Å². The van der Waals surface area contributed by atoms with Gasteiger partial charge in [0.25, 0.3) is 0 Å². The summed E-state index contributed by atoms with van der Waals surface area (Å²) in [4.78, 5) is 13.0. The van der Waals surface area contributed by atoms with E-state index in [2.05, 4.69) is 10.2 Å². The van der Waals surface area contributed by atoms with Crippen LogP contribution >= 0.6 is 0 Å². The quantitative estimate of drug-likeness (QED) is 0.746. The lowest BCUT2D eigenvalue weighted by atomic mass is 9.96. The fraction of sp³-hybridized carbons (Fsp3) is 0.750. The Morgan fingerprint density at radius 3 is 2.35 bits per heavy atom. The van der Waals surface area contributed by atoms with Crippen molar-refractivity contribution in [1.29, 1.82) is 0 Å². The zero-order chi connectivity index (χ0) is 12.8. The Hall–Kier alpha value is -1.39. The second-order valence-corrected chi connectivity index (χ2v) is 4.08. The summed E-state index contributed by atoms with van der Waals surface area (Å²) in [6.45, 7) is 7.31. The Bertz CT molecular complexity index is 353. The number of piperidine rings is 1. The van der Waals surface area contributed by atoms with Gasteiger partial charge in [0.2, 0.25) is 5.91 Å². The monoisotopic (exact) mass is 238 g/mol. The van der Waals surface area contributed by atoms with Crippen LogP contribution in [0.25, 0.3) is 0 Å². The maximum Gasteiger partial charge on any atom is 0.219 e. The lowest BCUT2D eigenvalue weighted by Gasteiger charge is -2.30. The molecule has 0 spiro atoms. The van der Waals surface area contributed by atoms with Crippen LogP contribution in [0.2, 0.25) is 0 Å². The third-order valence-corrected chi connectivity index (χ3v) is 3.05. The molecule has 2 rings (SSSR count). The molecule has 0 saturated carbocycles. The minimum Gasteiger partial charge on any atom is -0.343 e. The Morgan fingerprint density at radius 2 is 1.94 bits per heavy atom. The average Bonchev–Trinajstić information content (AvgIpc) is 2.78. The van der Waals surface area contributed by atoms with Gasteiger partial charge in [-0.25, -0.2) is 0 Å². The molecule has 0 aliphatic carbocycles. The fourth-order valence-electron chi connectivity index (χ4n) is 2.11. The molecule has 0 bridgehead atoms. The summed E-state index contributed by atoms with van der Waals surface area (Å²) in [5, 5.41) is 8.00. The van der Waals surface area contributed by atoms with Crippen molar-refractivity contribution >= 4 is 5.91 Å². The molecule has 1 saturated heterocycles. The molecular weight excluding hydrogens is 216 g/mol. The van der Waals surface area contributed by atoms with E-state index in [9.17, 15) is 4.79 Å². The summed E-state index contributed by atoms with van der Waals surface area (Å²) < 4.78 is 1.97. The molecule has 1 amide bonds. The van der Waals surface area contributed by atoms with Gasteiger partial charge in [0, 0.05) is 33.0 Å². The Morgan fingerprint density at radius 1 is 1.35 bits per heavy atom. The van der Waals surface area contributed by atoms with Crippen LogP contribution in [-0.4, -0.2) is 38.7 Å². The lowest BCUT2D eigenvalue weighted by molar-refractivity contribution is -0.129. The number of likely N-dealkylation sites (tertiary alicyclic amines) is 1. The molecule has 0 aromatic carbocycles. The number of nitrogens with zero attached hydrogens (tertiary/aromatic N) is 4. The van der Waals surface area contributed by atoms with E-state index >= 15 is 0 Å². The number of aromatic nitrogens is 3. The van der Waals surface area contributed by atoms with Crippen LogP contribution in [0, 0.1) is 0 Å². The highest BCUT2D eigenvalue weighted by atomic mass is 16.2. The van der Waals surface area contributed by atoms with Crippen LogP contribution in [0.15, 0.2) is 6.33 Å². The average molecular weight is 238 g/mol. The van der Waals surface area contributed by atoms with Crippen molar-refractivity contribution in [3.63, 3.8) is 0 Å². The van der Waals surface area contributed by atoms with E-state index in [0.29, 0.717) is 5.92 Å². The predicted octanol–water partition coefficient (Wildman–Crippen LogP) is 1.57. The maximum atomic E-state index is 11.2. The minimum absolute atomic E-state index is 0.173. The van der Waals surface area contributed by atoms with E-state index in [0.717, 1.165) is 31.8 Å². The van der Waals surface area contributed by atoms with E-state index in [1.807, 2.05) is 30.4 Å². The summed E-state index contributed by atoms with van der Waals surface area (Å²) >= 11 is 0. The molecule has 0 N–H and O–H groups in total. The van der Waals surface area contributed by atoms with Crippen molar-refractivity contribution in [3.8, 4) is 0 Å². The van der Waals surface area contributed by atoms with E-state index < -0.39 is 0 Å². The highest BCUT2D eigenvalue weighted by Gasteiger charge is 2.24. The first-order valence-electron chi connectivity index (χ1n) is 6.28. The molecular formula is C12H22N4O. The van der Waals surface area contributed by atoms with E-state index in [-0.39, 0.29) is 5.91 Å². The van der Waals surface area contributed by atoms with Crippen molar-refractivity contribution in [1.82, 2.24) is 19.7 Å². The molecule has 1 aromatic heterocycles. The molecule has 17 heavy (non-hydrogen) atoms. The van der Waals surface area contributed by atoms with Gasteiger partial charge in [0.1, 0.15) is 12.2 Å². The normalized spacial score (nSPS) is 16.4. The standard InChI is InChI=1S/C10H16N4O.C2H6/c1-8(15)14-5-3-9(4-6-14)10-12-11-7-13(10)2;1-2/h7,9H,3-6H2,1-2H3;1-2H3. The summed E-state index contributed by atoms with van der Waals surface area (Å²) in [5.74, 6) is 1.66. The number of hydrogen-bond acceptors (Lipinski definition) is 3. The number of amides is 1. The summed E-state index contributed by atoms with van der Waals surface area (Å²) in [7, 11) is 1.96. The molecule has 1 fully saturated rings. The summed E-state index contributed by atoms with van der Waals surface area (Å²) in [6, 6.07) is 0. The minimum atomic E-state index is 0.173. The molecule has 1 aliphatic rings. The first kappa shape index (κ1) is 13.7. The molecule has 5 heteroatoms. The summed E-state index contributed by atoms with van der Waals surface area (Å²) in [5.41, 5.74) is 0. The van der Waals surface area contributed by atoms with Crippen LogP contribution in [0.3, 0.4) is 0 Å². The largest absolute Gasteiger partial charge is 0.343 e. The number of carbonyl (C=O) groups excluding carboxylic acids is 1. The van der Waals surface area contributed by atoms with E-state index in [1.165, 1.54) is 0 Å². The molecule has 5 nitrogen and oxygen atoms in total. The molecule has 1 aromatic rings. The summed E-state index contributed by atoms with van der Waals surface area (Å²) in [6.07, 6.45) is 3.71. The van der Waals surface area contributed by atoms with Crippen LogP contribution in [-0.2, 0) is 11.8 Å². The van der Waals surface area contributed by atoms with Crippen molar-refractivity contribution in [2.24, 2.45) is 7.05 Å². The van der Waals surface area contributed by atoms with Gasteiger partial charge in [-0.2, -0.15) is 0 Å². The second-order valence-electron chi connectivity index (χ2n) is 4.08. The first-order chi connectivity index (χ1) is 8.18. The smallest absolute Gasteiger partial charge is 0.219 e. The molecule has 96 valence electrons. The number of rotatable bonds is 1. The Balaban J connectivity index is 0.000000686. The molecule has 1 aliphatic heterocycles. The van der Waals surface area contributed by atoms with Crippen LogP contribution in [0.4, 0.5) is 0 Å². The van der Waals surface area contributed by atoms with Crippen LogP contribution in [0.1, 0.15) is 45.4 Å². The second kappa shape index (κ2) is 6.37. The molecule has 0 atom stereocenters. The number of hydrogen-bond donors (Lipinski definition) is 0. The first-order valence-corrected chi connectivity index (χ1v) is 6.28. The molecule has 0 unspecified atom stereocenters. The van der Waals surface area contributed by atoms with Gasteiger partial charge >= 0.3 is 0 Å². The predicted molar refractivity (Wildman–Crippen MR) is 66.6 cm³/mol. The van der Waals surface area contributed by atoms with Gasteiger partial charge < -0.3 is 9.47 Å². The zero-order valence-corrected chi connectivity index (χ0v) is 11.2. The number of aryl methyl sites for hydroxylation is 1. The van der Waals surface area contributed by atoms with Crippen LogP contribution in [0.5, 0.6) is 0 Å². The Labute approximate surface area is 103 Å². The molecule has 0 radical (unpaired) electrons. The third kappa shape index (κ3) is 3.28. The highest BCUT2D eigenvalue weighted by Crippen LogP contribution is 2.25.